The summed E-state index contributed by atoms with van der Waals surface area (Å²) in [6.45, 7) is 6.50. The molecule has 32 heavy (non-hydrogen) atoms. The first-order valence-corrected chi connectivity index (χ1v) is 11.0. The number of nitrogens with one attached hydrogen (secondary N) is 2. The Morgan fingerprint density at radius 1 is 1.25 bits per heavy atom. The third-order valence-corrected chi connectivity index (χ3v) is 5.64. The van der Waals surface area contributed by atoms with Crippen LogP contribution in [0.2, 0.25) is 5.02 Å². The number of aromatic nitrogens is 3. The Morgan fingerprint density at radius 2 is 1.97 bits per heavy atom. The molecule has 3 rings (SSSR count). The lowest BCUT2D eigenvalue weighted by atomic mass is 10.2. The van der Waals surface area contributed by atoms with Crippen molar-refractivity contribution in [3.8, 4) is 0 Å². The van der Waals surface area contributed by atoms with Crippen LogP contribution in [0, 0.1) is 5.82 Å². The average Bonchev–Trinajstić information content (AvgIpc) is 3.16. The van der Waals surface area contributed by atoms with E-state index in [2.05, 4.69) is 32.6 Å². The number of halogens is 2. The molecule has 3 aromatic rings. The molecule has 0 radical (unpaired) electrons. The molecule has 2 N–H and O–H groups in total. The molecule has 7 nitrogen and oxygen atoms in total. The molecule has 0 fully saturated rings. The van der Waals surface area contributed by atoms with Crippen LogP contribution in [0.15, 0.2) is 71.4 Å². The second kappa shape index (κ2) is 11.4. The molecule has 1 heterocycles. The third-order valence-electron chi connectivity index (χ3n) is 4.31. The quantitative estimate of drug-likeness (QED) is 0.196. The van der Waals surface area contributed by atoms with E-state index in [4.69, 9.17) is 11.6 Å². The average molecular weight is 473 g/mol. The van der Waals surface area contributed by atoms with E-state index in [0.717, 1.165) is 5.69 Å². The summed E-state index contributed by atoms with van der Waals surface area (Å²) in [6, 6.07) is 13.2. The van der Waals surface area contributed by atoms with E-state index in [1.807, 2.05) is 16.7 Å². The predicted molar refractivity (Wildman–Crippen MR) is 126 cm³/mol. The van der Waals surface area contributed by atoms with Crippen LogP contribution in [-0.2, 0) is 17.9 Å². The highest BCUT2D eigenvalue weighted by Crippen LogP contribution is 2.23. The molecule has 0 unspecified atom stereocenters. The smallest absolute Gasteiger partial charge is 0.253 e. The van der Waals surface area contributed by atoms with E-state index < -0.39 is 5.25 Å². The van der Waals surface area contributed by atoms with Crippen molar-refractivity contribution in [2.24, 2.45) is 5.10 Å². The van der Waals surface area contributed by atoms with Gasteiger partial charge in [-0.05, 0) is 48.9 Å². The van der Waals surface area contributed by atoms with Gasteiger partial charge >= 0.3 is 0 Å². The number of hydrogen-bond acceptors (Lipinski definition) is 6. The van der Waals surface area contributed by atoms with Crippen LogP contribution in [0.1, 0.15) is 18.3 Å². The maximum Gasteiger partial charge on any atom is 0.253 e. The van der Waals surface area contributed by atoms with Gasteiger partial charge in [-0.1, -0.05) is 41.6 Å². The molecule has 10 heteroatoms. The van der Waals surface area contributed by atoms with Crippen LogP contribution in [0.25, 0.3) is 0 Å². The summed E-state index contributed by atoms with van der Waals surface area (Å²) in [7, 11) is 0. The maximum absolute atomic E-state index is 12.9. The van der Waals surface area contributed by atoms with Crippen LogP contribution in [0.4, 0.5) is 10.1 Å². The number of thioether (sulfide) groups is 1. The van der Waals surface area contributed by atoms with Crippen molar-refractivity contribution in [3.63, 3.8) is 0 Å². The van der Waals surface area contributed by atoms with Gasteiger partial charge in [0.2, 0.25) is 0 Å². The van der Waals surface area contributed by atoms with E-state index in [9.17, 15) is 9.18 Å². The van der Waals surface area contributed by atoms with Crippen molar-refractivity contribution in [2.75, 3.05) is 5.32 Å². The van der Waals surface area contributed by atoms with Crippen LogP contribution in [-0.4, -0.2) is 32.1 Å². The summed E-state index contributed by atoms with van der Waals surface area (Å²) in [5, 5.41) is 16.5. The topological polar surface area (TPSA) is 84.2 Å². The van der Waals surface area contributed by atoms with Gasteiger partial charge in [0.15, 0.2) is 11.0 Å². The monoisotopic (exact) mass is 472 g/mol. The molecule has 0 spiro atoms. The summed E-state index contributed by atoms with van der Waals surface area (Å²) < 4.78 is 14.8. The number of amides is 1. The minimum Gasteiger partial charge on any atom is -0.378 e. The summed E-state index contributed by atoms with van der Waals surface area (Å²) >= 11 is 7.19. The van der Waals surface area contributed by atoms with Crippen LogP contribution in [0.3, 0.4) is 0 Å². The van der Waals surface area contributed by atoms with E-state index in [1.165, 1.54) is 30.1 Å². The molecule has 0 aliphatic heterocycles. The molecule has 1 atom stereocenters. The SMILES string of the molecule is C=CCn1c(CNc2ccc(Cl)cc2)nnc1S[C@@H](C)C(=O)NN=Cc1ccc(F)cc1. The Bertz CT molecular complexity index is 1080. The van der Waals surface area contributed by atoms with Crippen molar-refractivity contribution in [2.45, 2.75) is 30.4 Å². The standard InChI is InChI=1S/C22H22ClFN6OS/c1-3-12-30-20(14-25-19-10-6-17(23)7-11-19)27-29-22(30)32-15(2)21(31)28-26-13-16-4-8-18(24)9-5-16/h3-11,13,15,25H,1,12,14H2,2H3,(H,28,31)/t15-/m0/s1. The van der Waals surface area contributed by atoms with E-state index >= 15 is 0 Å². The molecule has 0 aliphatic carbocycles. The highest BCUT2D eigenvalue weighted by Gasteiger charge is 2.19. The molecule has 0 saturated heterocycles. The number of benzene rings is 2. The molecular weight excluding hydrogens is 451 g/mol. The number of carbonyl (C=O) groups is 1. The maximum atomic E-state index is 12.9. The van der Waals surface area contributed by atoms with E-state index in [1.54, 1.807) is 37.3 Å². The van der Waals surface area contributed by atoms with Gasteiger partial charge in [-0.2, -0.15) is 5.10 Å². The highest BCUT2D eigenvalue weighted by atomic mass is 35.5. The van der Waals surface area contributed by atoms with Crippen LogP contribution >= 0.6 is 23.4 Å². The molecular formula is C22H22ClFN6OS. The number of carbonyl (C=O) groups excluding carboxylic acids is 1. The first kappa shape index (κ1) is 23.5. The lowest BCUT2D eigenvalue weighted by Gasteiger charge is -2.12. The van der Waals surface area contributed by atoms with Gasteiger partial charge in [0.1, 0.15) is 5.82 Å². The molecule has 166 valence electrons. The van der Waals surface area contributed by atoms with Crippen molar-refractivity contribution in [3.05, 3.63) is 83.4 Å². The molecule has 0 aliphatic rings. The molecule has 2 aromatic carbocycles. The van der Waals surface area contributed by atoms with Gasteiger partial charge in [-0.25, -0.2) is 9.82 Å². The Kier molecular flexibility index (Phi) is 8.41. The summed E-state index contributed by atoms with van der Waals surface area (Å²) in [5.41, 5.74) is 4.07. The predicted octanol–water partition coefficient (Wildman–Crippen LogP) is 4.50. The minimum absolute atomic E-state index is 0.289. The first-order chi connectivity index (χ1) is 15.5. The van der Waals surface area contributed by atoms with E-state index in [0.29, 0.717) is 34.7 Å². The zero-order valence-corrected chi connectivity index (χ0v) is 18.9. The summed E-state index contributed by atoms with van der Waals surface area (Å²) in [4.78, 5) is 12.4. The molecule has 0 bridgehead atoms. The van der Waals surface area contributed by atoms with Gasteiger partial charge < -0.3 is 9.88 Å². The lowest BCUT2D eigenvalue weighted by molar-refractivity contribution is -0.120. The Morgan fingerprint density at radius 3 is 2.66 bits per heavy atom. The van der Waals surface area contributed by atoms with Gasteiger partial charge in [0.05, 0.1) is 18.0 Å². The van der Waals surface area contributed by atoms with Crippen LogP contribution in [0.5, 0.6) is 0 Å². The molecule has 0 saturated carbocycles. The minimum atomic E-state index is -0.467. The summed E-state index contributed by atoms with van der Waals surface area (Å²) in [6.07, 6.45) is 3.20. The van der Waals surface area contributed by atoms with Gasteiger partial charge in [0, 0.05) is 17.3 Å². The first-order valence-electron chi connectivity index (χ1n) is 9.74. The van der Waals surface area contributed by atoms with E-state index in [-0.39, 0.29) is 11.7 Å². The number of hydrazone groups is 1. The fourth-order valence-electron chi connectivity index (χ4n) is 2.62. The Hall–Kier alpha value is -3.17. The van der Waals surface area contributed by atoms with Crippen molar-refractivity contribution >= 4 is 41.2 Å². The largest absolute Gasteiger partial charge is 0.378 e. The number of hydrogen-bond donors (Lipinski definition) is 2. The number of rotatable bonds is 10. The zero-order chi connectivity index (χ0) is 22.9. The summed E-state index contributed by atoms with van der Waals surface area (Å²) in [5.74, 6) is 0.0919. The number of allylic oxidation sites excluding steroid dienone is 1. The second-order valence-corrected chi connectivity index (χ2v) is 8.45. The third kappa shape index (κ3) is 6.66. The molecule has 1 aromatic heterocycles. The van der Waals surface area contributed by atoms with Crippen molar-refractivity contribution < 1.29 is 9.18 Å². The zero-order valence-electron chi connectivity index (χ0n) is 17.3. The number of anilines is 1. The number of nitrogens with zero attached hydrogens (tertiary/aromatic N) is 4. The lowest BCUT2D eigenvalue weighted by Crippen LogP contribution is -2.27. The molecule has 1 amide bonds. The fourth-order valence-corrected chi connectivity index (χ4v) is 3.62. The van der Waals surface area contributed by atoms with Crippen LogP contribution < -0.4 is 10.7 Å². The highest BCUT2D eigenvalue weighted by molar-refractivity contribution is 8.00. The van der Waals surface area contributed by atoms with Gasteiger partial charge in [-0.15, -0.1) is 16.8 Å². The second-order valence-electron chi connectivity index (χ2n) is 6.70. The Balaban J connectivity index is 1.59. The normalized spacial score (nSPS) is 12.0. The van der Waals surface area contributed by atoms with Crippen molar-refractivity contribution in [1.82, 2.24) is 20.2 Å². The Labute approximate surface area is 194 Å². The van der Waals surface area contributed by atoms with Gasteiger partial charge in [-0.3, -0.25) is 4.79 Å². The van der Waals surface area contributed by atoms with Crippen molar-refractivity contribution in [1.29, 1.82) is 0 Å². The fraction of sp³-hybridized carbons (Fsp3) is 0.182. The van der Waals surface area contributed by atoms with Gasteiger partial charge in [0.25, 0.3) is 5.91 Å².